The fourth-order valence-electron chi connectivity index (χ4n) is 2.05. The first kappa shape index (κ1) is 15.8. The highest BCUT2D eigenvalue weighted by Gasteiger charge is 2.64. The first-order valence-electron chi connectivity index (χ1n) is 6.33. The molecule has 1 aromatic rings. The van der Waals surface area contributed by atoms with Crippen LogP contribution < -0.4 is 0 Å². The number of rotatable bonds is 5. The second-order valence-corrected chi connectivity index (χ2v) is 4.73. The summed E-state index contributed by atoms with van der Waals surface area (Å²) in [5, 5.41) is 0. The second kappa shape index (κ2) is 5.65. The third-order valence-corrected chi connectivity index (χ3v) is 3.39. The molecule has 7 heteroatoms. The van der Waals surface area contributed by atoms with Crippen LogP contribution in [0.15, 0.2) is 30.3 Å². The van der Waals surface area contributed by atoms with Crippen LogP contribution in [0.25, 0.3) is 0 Å². The molecule has 0 N–H and O–H groups in total. The van der Waals surface area contributed by atoms with Gasteiger partial charge in [0, 0.05) is 12.7 Å². The molecule has 1 fully saturated rings. The van der Waals surface area contributed by atoms with E-state index in [2.05, 4.69) is 4.74 Å². The highest BCUT2D eigenvalue weighted by molar-refractivity contribution is 5.82. The largest absolute Gasteiger partial charge is 0.460 e. The summed E-state index contributed by atoms with van der Waals surface area (Å²) in [6.07, 6.45) is -5.42. The number of methoxy groups -OCH3 is 1. The van der Waals surface area contributed by atoms with Gasteiger partial charge in [-0.05, 0) is 6.92 Å². The van der Waals surface area contributed by atoms with Crippen LogP contribution in [-0.4, -0.2) is 38.1 Å². The summed E-state index contributed by atoms with van der Waals surface area (Å²) >= 11 is 0. The van der Waals surface area contributed by atoms with Gasteiger partial charge in [-0.15, -0.1) is 0 Å². The Bertz CT molecular complexity index is 503. The lowest BCUT2D eigenvalue weighted by Gasteiger charge is -2.32. The molecule has 21 heavy (non-hydrogen) atoms. The van der Waals surface area contributed by atoms with Gasteiger partial charge in [-0.25, -0.2) is 4.79 Å². The van der Waals surface area contributed by atoms with E-state index in [1.807, 2.05) is 0 Å². The molecule has 1 aliphatic rings. The lowest BCUT2D eigenvalue weighted by Crippen LogP contribution is -2.52. The summed E-state index contributed by atoms with van der Waals surface area (Å²) < 4.78 is 54.8. The van der Waals surface area contributed by atoms with E-state index in [1.165, 1.54) is 24.3 Å². The summed E-state index contributed by atoms with van der Waals surface area (Å²) in [4.78, 5) is 12.1. The first-order valence-corrected chi connectivity index (χ1v) is 6.33. The molecule has 0 spiro atoms. The number of carbonyl (C=O) groups is 1. The molecule has 0 saturated carbocycles. The number of hydrogen-bond acceptors (Lipinski definition) is 4. The smallest absolute Gasteiger partial charge is 0.432 e. The van der Waals surface area contributed by atoms with E-state index >= 15 is 0 Å². The van der Waals surface area contributed by atoms with Gasteiger partial charge in [0.15, 0.2) is 0 Å². The zero-order valence-electron chi connectivity index (χ0n) is 11.5. The summed E-state index contributed by atoms with van der Waals surface area (Å²) in [6.45, 7) is 1.51. The van der Waals surface area contributed by atoms with E-state index in [1.54, 1.807) is 13.0 Å². The molecule has 2 rings (SSSR count). The molecular formula is C14H15F3O4. The van der Waals surface area contributed by atoms with E-state index in [0.29, 0.717) is 0 Å². The van der Waals surface area contributed by atoms with Crippen molar-refractivity contribution >= 4 is 5.97 Å². The van der Waals surface area contributed by atoms with Crippen molar-refractivity contribution in [1.29, 1.82) is 0 Å². The van der Waals surface area contributed by atoms with E-state index in [4.69, 9.17) is 9.47 Å². The van der Waals surface area contributed by atoms with Gasteiger partial charge in [0.25, 0.3) is 5.60 Å². The molecular weight excluding hydrogens is 289 g/mol. The standard InChI is InChI=1S/C14H15F3O4/c1-9-11(21-9)8-20-12(18)13(19-2,14(15,16)17)10-6-4-3-5-7-10/h3-7,9,11H,8H2,1-2H3/t9-,11+,13-/m1/s1. The number of carbonyl (C=O) groups excluding carboxylic acids is 1. The van der Waals surface area contributed by atoms with E-state index in [9.17, 15) is 18.0 Å². The molecule has 0 unspecified atom stereocenters. The average molecular weight is 304 g/mol. The quantitative estimate of drug-likeness (QED) is 0.619. The Morgan fingerprint density at radius 2 is 1.86 bits per heavy atom. The van der Waals surface area contributed by atoms with Crippen LogP contribution in [-0.2, 0) is 24.6 Å². The van der Waals surface area contributed by atoms with Crippen molar-refractivity contribution in [2.45, 2.75) is 30.9 Å². The molecule has 1 heterocycles. The molecule has 1 aromatic carbocycles. The Balaban J connectivity index is 2.29. The van der Waals surface area contributed by atoms with Crippen LogP contribution in [0.4, 0.5) is 13.2 Å². The maximum Gasteiger partial charge on any atom is 0.432 e. The van der Waals surface area contributed by atoms with Crippen LogP contribution in [0.5, 0.6) is 0 Å². The summed E-state index contributed by atoms with van der Waals surface area (Å²) in [6, 6.07) is 6.69. The minimum absolute atomic E-state index is 0.114. The summed E-state index contributed by atoms with van der Waals surface area (Å²) in [5.41, 5.74) is -3.46. The molecule has 0 radical (unpaired) electrons. The lowest BCUT2D eigenvalue weighted by molar-refractivity contribution is -0.276. The fraction of sp³-hybridized carbons (Fsp3) is 0.500. The van der Waals surface area contributed by atoms with Gasteiger partial charge < -0.3 is 14.2 Å². The number of benzene rings is 1. The van der Waals surface area contributed by atoms with Crippen LogP contribution in [0, 0.1) is 0 Å². The number of hydrogen-bond donors (Lipinski definition) is 0. The fourth-order valence-corrected chi connectivity index (χ4v) is 2.05. The molecule has 1 aliphatic heterocycles. The second-order valence-electron chi connectivity index (χ2n) is 4.73. The molecule has 0 bridgehead atoms. The summed E-state index contributed by atoms with van der Waals surface area (Å²) in [7, 11) is 0.831. The van der Waals surface area contributed by atoms with Crippen molar-refractivity contribution in [2.24, 2.45) is 0 Å². The number of epoxide rings is 1. The Morgan fingerprint density at radius 1 is 1.29 bits per heavy atom. The van der Waals surface area contributed by atoms with Gasteiger partial charge in [0.05, 0.1) is 6.10 Å². The van der Waals surface area contributed by atoms with Crippen molar-refractivity contribution in [1.82, 2.24) is 0 Å². The van der Waals surface area contributed by atoms with Crippen LogP contribution in [0.3, 0.4) is 0 Å². The van der Waals surface area contributed by atoms with Crippen molar-refractivity contribution in [3.05, 3.63) is 35.9 Å². The predicted octanol–water partition coefficient (Wildman–Crippen LogP) is 2.42. The number of ether oxygens (including phenoxy) is 3. The highest BCUT2D eigenvalue weighted by Crippen LogP contribution is 2.43. The van der Waals surface area contributed by atoms with Crippen LogP contribution >= 0.6 is 0 Å². The SMILES string of the molecule is CO[C@@](C(=O)OC[C@@H]1O[C@@H]1C)(c1ccccc1)C(F)(F)F. The predicted molar refractivity (Wildman–Crippen MR) is 66.5 cm³/mol. The van der Waals surface area contributed by atoms with E-state index in [-0.39, 0.29) is 24.4 Å². The zero-order chi connectivity index (χ0) is 15.7. The molecule has 0 aromatic heterocycles. The molecule has 116 valence electrons. The topological polar surface area (TPSA) is 48.1 Å². The number of halogens is 3. The summed E-state index contributed by atoms with van der Waals surface area (Å²) in [5.74, 6) is -1.49. The minimum Gasteiger partial charge on any atom is -0.460 e. The zero-order valence-corrected chi connectivity index (χ0v) is 11.5. The van der Waals surface area contributed by atoms with Crippen LogP contribution in [0.1, 0.15) is 12.5 Å². The van der Waals surface area contributed by atoms with Gasteiger partial charge in [-0.1, -0.05) is 30.3 Å². The average Bonchev–Trinajstić information content (AvgIpc) is 3.13. The van der Waals surface area contributed by atoms with Gasteiger partial charge in [-0.3, -0.25) is 0 Å². The molecule has 3 atom stereocenters. The van der Waals surface area contributed by atoms with Crippen molar-refractivity contribution in [2.75, 3.05) is 13.7 Å². The lowest BCUT2D eigenvalue weighted by atomic mass is 9.93. The molecule has 0 amide bonds. The molecule has 4 nitrogen and oxygen atoms in total. The molecule has 0 aliphatic carbocycles. The Hall–Kier alpha value is -1.60. The number of esters is 1. The Labute approximate surface area is 119 Å². The molecule has 1 saturated heterocycles. The van der Waals surface area contributed by atoms with Crippen molar-refractivity contribution in [3.8, 4) is 0 Å². The monoisotopic (exact) mass is 304 g/mol. The first-order chi connectivity index (χ1) is 9.83. The van der Waals surface area contributed by atoms with Gasteiger partial charge in [0.1, 0.15) is 12.7 Å². The highest BCUT2D eigenvalue weighted by atomic mass is 19.4. The van der Waals surface area contributed by atoms with Crippen LogP contribution in [0.2, 0.25) is 0 Å². The van der Waals surface area contributed by atoms with E-state index in [0.717, 1.165) is 7.11 Å². The van der Waals surface area contributed by atoms with Gasteiger partial charge in [0.2, 0.25) is 0 Å². The normalized spacial score (nSPS) is 24.2. The number of alkyl halides is 3. The maximum absolute atomic E-state index is 13.5. The third-order valence-electron chi connectivity index (χ3n) is 3.39. The van der Waals surface area contributed by atoms with Gasteiger partial charge >= 0.3 is 12.1 Å². The van der Waals surface area contributed by atoms with E-state index < -0.39 is 17.7 Å². The Kier molecular flexibility index (Phi) is 4.25. The maximum atomic E-state index is 13.5. The Morgan fingerprint density at radius 3 is 2.29 bits per heavy atom. The van der Waals surface area contributed by atoms with Crippen molar-refractivity contribution < 1.29 is 32.2 Å². The third kappa shape index (κ3) is 2.89. The van der Waals surface area contributed by atoms with Crippen molar-refractivity contribution in [3.63, 3.8) is 0 Å². The minimum atomic E-state index is -4.95. The van der Waals surface area contributed by atoms with Gasteiger partial charge in [-0.2, -0.15) is 13.2 Å².